The summed E-state index contributed by atoms with van der Waals surface area (Å²) in [6, 6.07) is 5.17. The van der Waals surface area contributed by atoms with Crippen molar-refractivity contribution in [2.24, 2.45) is 0 Å². The second-order valence-electron chi connectivity index (χ2n) is 5.42. The van der Waals surface area contributed by atoms with Gasteiger partial charge in [-0.25, -0.2) is 0 Å². The summed E-state index contributed by atoms with van der Waals surface area (Å²) in [5.41, 5.74) is 0. The van der Waals surface area contributed by atoms with Gasteiger partial charge in [0.05, 0.1) is 5.02 Å². The van der Waals surface area contributed by atoms with Crippen molar-refractivity contribution in [1.29, 1.82) is 0 Å². The van der Waals surface area contributed by atoms with E-state index in [1.165, 1.54) is 0 Å². The zero-order valence-electron chi connectivity index (χ0n) is 12.2. The lowest BCUT2D eigenvalue weighted by molar-refractivity contribution is -0.128. The summed E-state index contributed by atoms with van der Waals surface area (Å²) in [5, 5.41) is 4.00. The molecule has 1 fully saturated rings. The van der Waals surface area contributed by atoms with E-state index in [9.17, 15) is 4.79 Å². The molecule has 1 unspecified atom stereocenters. The molecule has 2 rings (SSSR count). The van der Waals surface area contributed by atoms with Gasteiger partial charge < -0.3 is 15.0 Å². The number of rotatable bonds is 4. The molecule has 0 spiro atoms. The summed E-state index contributed by atoms with van der Waals surface area (Å²) in [7, 11) is 2.09. The lowest BCUT2D eigenvalue weighted by Crippen LogP contribution is -2.47. The Balaban J connectivity index is 1.89. The quantitative estimate of drug-likeness (QED) is 0.922. The smallest absolute Gasteiger partial charge is 0.260 e. The van der Waals surface area contributed by atoms with Crippen LogP contribution in [0.25, 0.3) is 0 Å². The average molecular weight is 331 g/mol. The molecule has 1 aliphatic heterocycles. The van der Waals surface area contributed by atoms with E-state index in [-0.39, 0.29) is 11.9 Å². The molecular formula is C15H20Cl2N2O2. The van der Waals surface area contributed by atoms with E-state index in [2.05, 4.69) is 17.3 Å². The van der Waals surface area contributed by atoms with Gasteiger partial charge >= 0.3 is 0 Å². The third kappa shape index (κ3) is 4.77. The fourth-order valence-electron chi connectivity index (χ4n) is 2.28. The van der Waals surface area contributed by atoms with Crippen molar-refractivity contribution >= 4 is 29.1 Å². The molecule has 0 bridgehead atoms. The fourth-order valence-corrected chi connectivity index (χ4v) is 2.61. The predicted octanol–water partition coefficient (Wildman–Crippen LogP) is 2.97. The first-order valence-corrected chi connectivity index (χ1v) is 7.82. The van der Waals surface area contributed by atoms with Gasteiger partial charge in [-0.2, -0.15) is 0 Å². The predicted molar refractivity (Wildman–Crippen MR) is 85.2 cm³/mol. The summed E-state index contributed by atoms with van der Waals surface area (Å²) < 4.78 is 5.61. The zero-order chi connectivity index (χ0) is 15.4. The molecular weight excluding hydrogens is 311 g/mol. The second-order valence-corrected chi connectivity index (χ2v) is 6.26. The van der Waals surface area contributed by atoms with Gasteiger partial charge in [-0.1, -0.05) is 23.2 Å². The second kappa shape index (κ2) is 7.34. The van der Waals surface area contributed by atoms with Gasteiger partial charge in [0, 0.05) is 17.1 Å². The first-order chi connectivity index (χ1) is 9.95. The number of benzene rings is 1. The Labute approximate surface area is 135 Å². The van der Waals surface area contributed by atoms with Gasteiger partial charge in [0.15, 0.2) is 6.10 Å². The van der Waals surface area contributed by atoms with Crippen molar-refractivity contribution in [2.45, 2.75) is 31.9 Å². The van der Waals surface area contributed by atoms with Gasteiger partial charge in [0.2, 0.25) is 0 Å². The van der Waals surface area contributed by atoms with Gasteiger partial charge in [-0.05, 0) is 52.0 Å². The lowest BCUT2D eigenvalue weighted by Gasteiger charge is -2.30. The van der Waals surface area contributed by atoms with E-state index >= 15 is 0 Å². The number of halogens is 2. The average Bonchev–Trinajstić information content (AvgIpc) is 2.45. The third-order valence-corrected chi connectivity index (χ3v) is 4.18. The molecule has 1 saturated heterocycles. The summed E-state index contributed by atoms with van der Waals surface area (Å²) >= 11 is 11.9. The number of nitrogens with zero attached hydrogens (tertiary/aromatic N) is 1. The van der Waals surface area contributed by atoms with E-state index in [1.807, 2.05) is 0 Å². The Kier molecular flexibility index (Phi) is 5.73. The van der Waals surface area contributed by atoms with Crippen molar-refractivity contribution in [2.75, 3.05) is 20.1 Å². The lowest BCUT2D eigenvalue weighted by atomic mass is 10.1. The molecule has 116 valence electrons. The molecule has 0 radical (unpaired) electrons. The van der Waals surface area contributed by atoms with Crippen LogP contribution in [-0.2, 0) is 4.79 Å². The van der Waals surface area contributed by atoms with Gasteiger partial charge in [-0.3, -0.25) is 4.79 Å². The molecule has 1 aliphatic rings. The first kappa shape index (κ1) is 16.4. The van der Waals surface area contributed by atoms with E-state index in [0.29, 0.717) is 15.8 Å². The molecule has 1 atom stereocenters. The SMILES string of the molecule is CC(Oc1cc(Cl)ccc1Cl)C(=O)NC1CCN(C)CC1. The summed E-state index contributed by atoms with van der Waals surface area (Å²) in [5.74, 6) is 0.302. The standard InChI is InChI=1S/C15H20Cl2N2O2/c1-10(21-14-9-11(16)3-4-13(14)17)15(20)18-12-5-7-19(2)8-6-12/h3-4,9-10,12H,5-8H2,1-2H3,(H,18,20). The van der Waals surface area contributed by atoms with E-state index in [1.54, 1.807) is 25.1 Å². The molecule has 1 heterocycles. The summed E-state index contributed by atoms with van der Waals surface area (Å²) in [6.07, 6.45) is 1.32. The number of ether oxygens (including phenoxy) is 1. The van der Waals surface area contributed by atoms with Gasteiger partial charge in [0.25, 0.3) is 5.91 Å². The van der Waals surface area contributed by atoms with Gasteiger partial charge in [0.1, 0.15) is 5.75 Å². The molecule has 1 aromatic carbocycles. The maximum absolute atomic E-state index is 12.2. The Morgan fingerprint density at radius 2 is 2.05 bits per heavy atom. The molecule has 1 aromatic rings. The first-order valence-electron chi connectivity index (χ1n) is 7.06. The van der Waals surface area contributed by atoms with Crippen LogP contribution in [0.15, 0.2) is 18.2 Å². The topological polar surface area (TPSA) is 41.6 Å². The maximum Gasteiger partial charge on any atom is 0.260 e. The maximum atomic E-state index is 12.2. The largest absolute Gasteiger partial charge is 0.479 e. The highest BCUT2D eigenvalue weighted by Gasteiger charge is 2.22. The minimum atomic E-state index is -0.611. The van der Waals surface area contributed by atoms with Crippen molar-refractivity contribution in [1.82, 2.24) is 10.2 Å². The molecule has 0 aliphatic carbocycles. The van der Waals surface area contributed by atoms with Gasteiger partial charge in [-0.15, -0.1) is 0 Å². The number of piperidine rings is 1. The summed E-state index contributed by atoms with van der Waals surface area (Å²) in [4.78, 5) is 14.4. The van der Waals surface area contributed by atoms with Crippen LogP contribution in [0.2, 0.25) is 10.0 Å². The zero-order valence-corrected chi connectivity index (χ0v) is 13.7. The highest BCUT2D eigenvalue weighted by molar-refractivity contribution is 6.34. The fraction of sp³-hybridized carbons (Fsp3) is 0.533. The number of amides is 1. The van der Waals surface area contributed by atoms with Crippen LogP contribution in [-0.4, -0.2) is 43.1 Å². The number of carbonyl (C=O) groups excluding carboxylic acids is 1. The van der Waals surface area contributed by atoms with Crippen LogP contribution in [0.4, 0.5) is 0 Å². The number of nitrogens with one attached hydrogen (secondary N) is 1. The van der Waals surface area contributed by atoms with Crippen LogP contribution in [0, 0.1) is 0 Å². The molecule has 1 amide bonds. The Morgan fingerprint density at radius 1 is 1.38 bits per heavy atom. The van der Waals surface area contributed by atoms with Crippen molar-refractivity contribution in [3.05, 3.63) is 28.2 Å². The number of hydrogen-bond acceptors (Lipinski definition) is 3. The van der Waals surface area contributed by atoms with Crippen LogP contribution >= 0.6 is 23.2 Å². The number of carbonyl (C=O) groups is 1. The highest BCUT2D eigenvalue weighted by Crippen LogP contribution is 2.28. The monoisotopic (exact) mass is 330 g/mol. The number of likely N-dealkylation sites (tertiary alicyclic amines) is 1. The van der Waals surface area contributed by atoms with Crippen molar-refractivity contribution in [3.8, 4) is 5.75 Å². The molecule has 4 nitrogen and oxygen atoms in total. The van der Waals surface area contributed by atoms with Crippen LogP contribution in [0.5, 0.6) is 5.75 Å². The minimum Gasteiger partial charge on any atom is -0.479 e. The number of hydrogen-bond donors (Lipinski definition) is 1. The Bertz CT molecular complexity index is 502. The Morgan fingerprint density at radius 3 is 2.71 bits per heavy atom. The molecule has 6 heteroatoms. The molecule has 1 N–H and O–H groups in total. The van der Waals surface area contributed by atoms with Crippen LogP contribution in [0.1, 0.15) is 19.8 Å². The molecule has 21 heavy (non-hydrogen) atoms. The van der Waals surface area contributed by atoms with Crippen LogP contribution < -0.4 is 10.1 Å². The minimum absolute atomic E-state index is 0.124. The highest BCUT2D eigenvalue weighted by atomic mass is 35.5. The molecule has 0 saturated carbocycles. The Hall–Kier alpha value is -0.970. The van der Waals surface area contributed by atoms with Crippen LogP contribution in [0.3, 0.4) is 0 Å². The molecule has 0 aromatic heterocycles. The van der Waals surface area contributed by atoms with Crippen molar-refractivity contribution in [3.63, 3.8) is 0 Å². The third-order valence-electron chi connectivity index (χ3n) is 3.63. The van der Waals surface area contributed by atoms with E-state index in [0.717, 1.165) is 25.9 Å². The van der Waals surface area contributed by atoms with E-state index < -0.39 is 6.10 Å². The van der Waals surface area contributed by atoms with E-state index in [4.69, 9.17) is 27.9 Å². The van der Waals surface area contributed by atoms with Crippen molar-refractivity contribution < 1.29 is 9.53 Å². The summed E-state index contributed by atoms with van der Waals surface area (Å²) in [6.45, 7) is 3.71. The normalized spacial score (nSPS) is 18.3.